The predicted octanol–water partition coefficient (Wildman–Crippen LogP) is 5.95. The molecule has 0 aliphatic carbocycles. The van der Waals surface area contributed by atoms with Gasteiger partial charge in [0.1, 0.15) is 11.3 Å². The van der Waals surface area contributed by atoms with Gasteiger partial charge in [0, 0.05) is 52.9 Å². The first-order valence-corrected chi connectivity index (χ1v) is 11.7. The Labute approximate surface area is 190 Å². The van der Waals surface area contributed by atoms with Gasteiger partial charge < -0.3 is 9.47 Å². The Balaban J connectivity index is 1.46. The number of aryl methyl sites for hydroxylation is 2. The number of hydrogen-bond acceptors (Lipinski definition) is 4. The Kier molecular flexibility index (Phi) is 5.28. The summed E-state index contributed by atoms with van der Waals surface area (Å²) in [5, 5.41) is 2.70. The number of piperidine rings is 1. The summed E-state index contributed by atoms with van der Waals surface area (Å²) in [6.07, 6.45) is 5.18. The molecule has 1 amide bonds. The van der Waals surface area contributed by atoms with Gasteiger partial charge in [0.2, 0.25) is 0 Å². The molecule has 7 heteroatoms. The minimum atomic E-state index is 0.0730. The summed E-state index contributed by atoms with van der Waals surface area (Å²) in [6, 6.07) is 9.79. The normalized spacial score (nSPS) is 14.4. The summed E-state index contributed by atoms with van der Waals surface area (Å²) in [5.41, 5.74) is 5.48. The van der Waals surface area contributed by atoms with Gasteiger partial charge in [-0.3, -0.25) is 4.79 Å². The number of pyridine rings is 1. The number of carbonyl (C=O) groups excluding carboxylic acids is 1. The molecule has 1 fully saturated rings. The second-order valence-corrected chi connectivity index (χ2v) is 9.31. The van der Waals surface area contributed by atoms with Crippen LogP contribution >= 0.6 is 22.9 Å². The van der Waals surface area contributed by atoms with Crippen molar-refractivity contribution < 1.29 is 4.79 Å². The molecule has 0 atom stereocenters. The topological polar surface area (TPSA) is 51.0 Å². The quantitative estimate of drug-likeness (QED) is 0.387. The summed E-state index contributed by atoms with van der Waals surface area (Å²) in [5.74, 6) is 1.01. The van der Waals surface area contributed by atoms with Crippen LogP contribution < -0.4 is 0 Å². The maximum absolute atomic E-state index is 12.8. The minimum Gasteiger partial charge on any atom is -0.339 e. The number of likely N-dealkylation sites (tertiary alicyclic amines) is 1. The van der Waals surface area contributed by atoms with E-state index < -0.39 is 0 Å². The molecule has 0 radical (unpaired) electrons. The van der Waals surface area contributed by atoms with E-state index in [9.17, 15) is 4.79 Å². The molecule has 0 spiro atoms. The third-order valence-corrected chi connectivity index (χ3v) is 7.29. The van der Waals surface area contributed by atoms with Crippen molar-refractivity contribution in [3.05, 3.63) is 58.3 Å². The molecule has 0 unspecified atom stereocenters. The summed E-state index contributed by atoms with van der Waals surface area (Å²) in [4.78, 5) is 25.0. The first-order chi connectivity index (χ1) is 15.0. The number of benzene rings is 1. The second-order valence-electron chi connectivity index (χ2n) is 8.00. The Hall–Kier alpha value is -2.70. The highest BCUT2D eigenvalue weighted by Gasteiger charge is 2.20. The van der Waals surface area contributed by atoms with Crippen LogP contribution in [0.2, 0.25) is 5.02 Å². The zero-order chi connectivity index (χ0) is 21.5. The molecule has 1 saturated heterocycles. The van der Waals surface area contributed by atoms with Crippen molar-refractivity contribution in [3.63, 3.8) is 0 Å². The molecule has 5 rings (SSSR count). The van der Waals surface area contributed by atoms with Crippen molar-refractivity contribution in [3.8, 4) is 21.6 Å². The Morgan fingerprint density at radius 3 is 2.68 bits per heavy atom. The van der Waals surface area contributed by atoms with E-state index in [1.54, 1.807) is 17.4 Å². The molecule has 4 aromatic rings. The number of rotatable bonds is 3. The van der Waals surface area contributed by atoms with E-state index in [1.807, 2.05) is 47.8 Å². The van der Waals surface area contributed by atoms with E-state index in [4.69, 9.17) is 16.6 Å². The van der Waals surface area contributed by atoms with Gasteiger partial charge in [0.15, 0.2) is 5.65 Å². The van der Waals surface area contributed by atoms with Crippen LogP contribution in [0.15, 0.2) is 41.9 Å². The number of halogens is 1. The lowest BCUT2D eigenvalue weighted by molar-refractivity contribution is 0.0724. The third-order valence-electron chi connectivity index (χ3n) is 6.02. The van der Waals surface area contributed by atoms with Crippen LogP contribution in [-0.2, 0) is 7.05 Å². The number of aromatic nitrogens is 3. The minimum absolute atomic E-state index is 0.0730. The van der Waals surface area contributed by atoms with E-state index in [0.717, 1.165) is 64.5 Å². The maximum atomic E-state index is 12.8. The lowest BCUT2D eigenvalue weighted by Crippen LogP contribution is -2.35. The molecular weight excluding hydrogens is 428 g/mol. The predicted molar refractivity (Wildman–Crippen MR) is 127 cm³/mol. The average Bonchev–Trinajstić information content (AvgIpc) is 3.39. The Bertz CT molecular complexity index is 1290. The highest BCUT2D eigenvalue weighted by Crippen LogP contribution is 2.38. The number of thiophene rings is 1. The summed E-state index contributed by atoms with van der Waals surface area (Å²) in [7, 11) is 1.98. The molecule has 4 heterocycles. The van der Waals surface area contributed by atoms with Gasteiger partial charge in [0.25, 0.3) is 5.91 Å². The van der Waals surface area contributed by atoms with Gasteiger partial charge in [-0.25, -0.2) is 9.97 Å². The van der Waals surface area contributed by atoms with Crippen molar-refractivity contribution in [2.24, 2.45) is 7.05 Å². The number of fused-ring (bicyclic) bond motifs is 1. The second kappa shape index (κ2) is 8.09. The van der Waals surface area contributed by atoms with Crippen LogP contribution in [0.3, 0.4) is 0 Å². The summed E-state index contributed by atoms with van der Waals surface area (Å²) < 4.78 is 2.00. The van der Waals surface area contributed by atoms with Gasteiger partial charge in [-0.05, 0) is 61.4 Å². The fourth-order valence-corrected chi connectivity index (χ4v) is 5.39. The number of carbonyl (C=O) groups is 1. The SMILES string of the molecule is Cc1nc2c(-c3cc(-c4ccc(C(=O)N5CCCCC5)cc4Cl)cs3)ccnc2n1C. The fraction of sp³-hybridized carbons (Fsp3) is 0.292. The van der Waals surface area contributed by atoms with E-state index in [0.29, 0.717) is 10.6 Å². The molecule has 3 aromatic heterocycles. The smallest absolute Gasteiger partial charge is 0.253 e. The molecule has 0 saturated carbocycles. The van der Waals surface area contributed by atoms with Crippen molar-refractivity contribution in [1.82, 2.24) is 19.4 Å². The average molecular weight is 451 g/mol. The monoisotopic (exact) mass is 450 g/mol. The van der Waals surface area contributed by atoms with Crippen LogP contribution in [0.4, 0.5) is 0 Å². The lowest BCUT2D eigenvalue weighted by atomic mass is 10.0. The summed E-state index contributed by atoms with van der Waals surface area (Å²) in [6.45, 7) is 3.65. The van der Waals surface area contributed by atoms with Crippen LogP contribution in [-0.4, -0.2) is 38.4 Å². The maximum Gasteiger partial charge on any atom is 0.253 e. The zero-order valence-corrected chi connectivity index (χ0v) is 19.1. The van der Waals surface area contributed by atoms with E-state index >= 15 is 0 Å². The van der Waals surface area contributed by atoms with Crippen molar-refractivity contribution in [2.45, 2.75) is 26.2 Å². The van der Waals surface area contributed by atoms with Crippen LogP contribution in [0.25, 0.3) is 32.7 Å². The van der Waals surface area contributed by atoms with Gasteiger partial charge in [0.05, 0.1) is 0 Å². The fourth-order valence-electron chi connectivity index (χ4n) is 4.17. The molecule has 158 valence electrons. The van der Waals surface area contributed by atoms with Crippen LogP contribution in [0.1, 0.15) is 35.4 Å². The zero-order valence-electron chi connectivity index (χ0n) is 17.6. The van der Waals surface area contributed by atoms with Gasteiger partial charge in [-0.15, -0.1) is 11.3 Å². The van der Waals surface area contributed by atoms with Gasteiger partial charge in [-0.2, -0.15) is 0 Å². The molecule has 1 aliphatic rings. The van der Waals surface area contributed by atoms with Crippen LogP contribution in [0, 0.1) is 6.92 Å². The van der Waals surface area contributed by atoms with Crippen LogP contribution in [0.5, 0.6) is 0 Å². The molecule has 1 aliphatic heterocycles. The first-order valence-electron chi connectivity index (χ1n) is 10.5. The molecule has 31 heavy (non-hydrogen) atoms. The summed E-state index contributed by atoms with van der Waals surface area (Å²) >= 11 is 8.29. The highest BCUT2D eigenvalue weighted by molar-refractivity contribution is 7.14. The Morgan fingerprint density at radius 1 is 1.10 bits per heavy atom. The first kappa shape index (κ1) is 20.2. The Morgan fingerprint density at radius 2 is 1.90 bits per heavy atom. The van der Waals surface area contributed by atoms with Gasteiger partial charge >= 0.3 is 0 Å². The highest BCUT2D eigenvalue weighted by atomic mass is 35.5. The van der Waals surface area contributed by atoms with Crippen molar-refractivity contribution in [1.29, 1.82) is 0 Å². The largest absolute Gasteiger partial charge is 0.339 e. The molecule has 5 nitrogen and oxygen atoms in total. The number of hydrogen-bond donors (Lipinski definition) is 0. The van der Waals surface area contributed by atoms with E-state index in [1.165, 1.54) is 6.42 Å². The van der Waals surface area contributed by atoms with Gasteiger partial charge in [-0.1, -0.05) is 17.7 Å². The third kappa shape index (κ3) is 3.64. The van der Waals surface area contributed by atoms with E-state index in [2.05, 4.69) is 16.4 Å². The van der Waals surface area contributed by atoms with E-state index in [-0.39, 0.29) is 5.91 Å². The number of nitrogens with zero attached hydrogens (tertiary/aromatic N) is 4. The van der Waals surface area contributed by atoms with Crippen molar-refractivity contribution >= 4 is 40.0 Å². The molecule has 1 aromatic carbocycles. The molecule has 0 N–H and O–H groups in total. The molecule has 0 bridgehead atoms. The lowest BCUT2D eigenvalue weighted by Gasteiger charge is -2.26. The standard InChI is InChI=1S/C24H23ClN4OS/c1-15-27-22-19(8-9-26-23(22)28(15)2)21-13-17(14-31-21)18-7-6-16(12-20(18)25)24(30)29-10-4-3-5-11-29/h6-9,12-14H,3-5,10-11H2,1-2H3. The van der Waals surface area contributed by atoms with Crippen molar-refractivity contribution in [2.75, 3.05) is 13.1 Å². The number of amides is 1. The molecular formula is C24H23ClN4OS. The number of imidazole rings is 1.